The predicted molar refractivity (Wildman–Crippen MR) is 132 cm³/mol. The summed E-state index contributed by atoms with van der Waals surface area (Å²) in [5, 5.41) is 16.8. The van der Waals surface area contributed by atoms with Gasteiger partial charge in [0.25, 0.3) is 0 Å². The first-order valence-electron chi connectivity index (χ1n) is 11.6. The van der Waals surface area contributed by atoms with Crippen LogP contribution < -0.4 is 20.1 Å². The van der Waals surface area contributed by atoms with E-state index in [2.05, 4.69) is 15.4 Å². The standard InChI is InChI=1S/C25H28F4N2O3.2ClH/c26-20-11-21-16(14-32)12-24(31-21,17-4-2-1-3-5-17)23(20)30-13-15-10-19(34-25(27,28)29)8-9-22(15)33-18-6-7-18;;/h1-5,8-10,16,18,20-21,23,30-32H,6-7,11-14H2;2*1H/t16-,20-,21-,23-,24+;;/m0../s1. The molecule has 0 unspecified atom stereocenters. The fourth-order valence-electron chi connectivity index (χ4n) is 5.42. The van der Waals surface area contributed by atoms with Crippen molar-refractivity contribution >= 4 is 24.8 Å². The van der Waals surface area contributed by atoms with Crippen LogP contribution in [0, 0.1) is 5.92 Å². The fraction of sp³-hybridized carbons (Fsp3) is 0.520. The molecule has 0 amide bonds. The van der Waals surface area contributed by atoms with E-state index in [9.17, 15) is 18.3 Å². The zero-order valence-corrected chi connectivity index (χ0v) is 21.0. The van der Waals surface area contributed by atoms with Crippen LogP contribution in [0.25, 0.3) is 0 Å². The number of alkyl halides is 4. The number of piperidine rings is 1. The van der Waals surface area contributed by atoms with Gasteiger partial charge in [-0.05, 0) is 55.4 Å². The smallest absolute Gasteiger partial charge is 0.490 e. The number of nitrogens with one attached hydrogen (secondary N) is 2. The van der Waals surface area contributed by atoms with Gasteiger partial charge in [-0.1, -0.05) is 30.3 Å². The summed E-state index contributed by atoms with van der Waals surface area (Å²) in [7, 11) is 0. The van der Waals surface area contributed by atoms with E-state index >= 15 is 4.39 Å². The predicted octanol–water partition coefficient (Wildman–Crippen LogP) is 5.04. The number of aliphatic hydroxyl groups excluding tert-OH is 1. The number of benzene rings is 2. The zero-order chi connectivity index (χ0) is 23.9. The van der Waals surface area contributed by atoms with Crippen molar-refractivity contribution < 1.29 is 32.1 Å². The molecule has 0 radical (unpaired) electrons. The van der Waals surface area contributed by atoms with Gasteiger partial charge < -0.3 is 25.2 Å². The molecule has 5 atom stereocenters. The highest BCUT2D eigenvalue weighted by Gasteiger charge is 2.57. The van der Waals surface area contributed by atoms with Crippen molar-refractivity contribution in [3.8, 4) is 11.5 Å². The number of aliphatic hydroxyl groups is 1. The number of fused-ring (bicyclic) bond motifs is 2. The van der Waals surface area contributed by atoms with Crippen LogP contribution in [0.4, 0.5) is 17.6 Å². The SMILES string of the molecule is Cl.Cl.OC[C@@H]1C[C@]2(c3ccccc3)N[C@H]1C[C@H](F)[C@@H]2NCc1cc(OC(F)(F)F)ccc1OC1CC1. The maximum Gasteiger partial charge on any atom is 0.573 e. The summed E-state index contributed by atoms with van der Waals surface area (Å²) in [5.41, 5.74) is 0.650. The lowest BCUT2D eigenvalue weighted by molar-refractivity contribution is -0.274. The maximum atomic E-state index is 15.6. The Labute approximate surface area is 219 Å². The number of hydrogen-bond donors (Lipinski definition) is 3. The van der Waals surface area contributed by atoms with Gasteiger partial charge in [0.05, 0.1) is 17.7 Å². The maximum absolute atomic E-state index is 15.6. The van der Waals surface area contributed by atoms with E-state index < -0.39 is 24.1 Å². The number of rotatable bonds is 8. The van der Waals surface area contributed by atoms with Crippen molar-refractivity contribution in [3.05, 3.63) is 59.7 Å². The quantitative estimate of drug-likeness (QED) is 0.401. The molecule has 3 N–H and O–H groups in total. The lowest BCUT2D eigenvalue weighted by Gasteiger charge is -2.45. The van der Waals surface area contributed by atoms with Crippen LogP contribution >= 0.6 is 24.8 Å². The van der Waals surface area contributed by atoms with E-state index in [0.29, 0.717) is 17.7 Å². The first kappa shape index (κ1) is 28.8. The van der Waals surface area contributed by atoms with Gasteiger partial charge in [-0.3, -0.25) is 0 Å². The van der Waals surface area contributed by atoms with Gasteiger partial charge in [-0.15, -0.1) is 38.0 Å². The van der Waals surface area contributed by atoms with E-state index in [1.54, 1.807) is 0 Å². The van der Waals surface area contributed by atoms with Gasteiger partial charge in [0.15, 0.2) is 0 Å². The van der Waals surface area contributed by atoms with Crippen LogP contribution in [-0.4, -0.2) is 42.4 Å². The van der Waals surface area contributed by atoms with E-state index in [1.165, 1.54) is 18.2 Å². The molecular formula is C25H30Cl2F4N2O3. The highest BCUT2D eigenvalue weighted by atomic mass is 35.5. The lowest BCUT2D eigenvalue weighted by atomic mass is 9.77. The zero-order valence-electron chi connectivity index (χ0n) is 19.3. The third-order valence-electron chi connectivity index (χ3n) is 7.09. The Kier molecular flexibility index (Phi) is 9.04. The molecule has 1 saturated carbocycles. The Bertz CT molecular complexity index is 1010. The molecule has 1 aliphatic carbocycles. The number of ether oxygens (including phenoxy) is 2. The minimum absolute atomic E-state index is 0. The second kappa shape index (κ2) is 11.3. The molecule has 2 aliphatic heterocycles. The lowest BCUT2D eigenvalue weighted by Crippen LogP contribution is -2.63. The molecule has 2 aromatic carbocycles. The van der Waals surface area contributed by atoms with E-state index in [0.717, 1.165) is 18.4 Å². The normalized spacial score (nSPS) is 29.1. The van der Waals surface area contributed by atoms with Gasteiger partial charge in [0, 0.05) is 24.8 Å². The Morgan fingerprint density at radius 1 is 1.08 bits per heavy atom. The van der Waals surface area contributed by atoms with Crippen LogP contribution in [-0.2, 0) is 12.1 Å². The monoisotopic (exact) mass is 552 g/mol. The molecule has 3 aliphatic rings. The Morgan fingerprint density at radius 3 is 2.44 bits per heavy atom. The molecule has 200 valence electrons. The molecule has 11 heteroatoms. The summed E-state index contributed by atoms with van der Waals surface area (Å²) >= 11 is 0. The van der Waals surface area contributed by atoms with Gasteiger partial charge in [0.2, 0.25) is 0 Å². The molecule has 0 aromatic heterocycles. The molecule has 2 heterocycles. The summed E-state index contributed by atoms with van der Waals surface area (Å²) in [4.78, 5) is 0. The van der Waals surface area contributed by atoms with E-state index in [1.807, 2.05) is 30.3 Å². The topological polar surface area (TPSA) is 62.8 Å². The van der Waals surface area contributed by atoms with Crippen LogP contribution in [0.15, 0.2) is 48.5 Å². The molecular weight excluding hydrogens is 523 g/mol. The average molecular weight is 553 g/mol. The molecule has 3 fully saturated rings. The molecule has 36 heavy (non-hydrogen) atoms. The minimum atomic E-state index is -4.81. The third-order valence-corrected chi connectivity index (χ3v) is 7.09. The first-order chi connectivity index (χ1) is 16.3. The Morgan fingerprint density at radius 2 is 1.81 bits per heavy atom. The summed E-state index contributed by atoms with van der Waals surface area (Å²) < 4.78 is 63.9. The van der Waals surface area contributed by atoms with Crippen molar-refractivity contribution in [2.45, 2.75) is 68.5 Å². The minimum Gasteiger partial charge on any atom is -0.490 e. The summed E-state index contributed by atoms with van der Waals surface area (Å²) in [6, 6.07) is 12.8. The average Bonchev–Trinajstić information content (AvgIpc) is 3.56. The van der Waals surface area contributed by atoms with Crippen LogP contribution in [0.5, 0.6) is 11.5 Å². The van der Waals surface area contributed by atoms with Crippen LogP contribution in [0.2, 0.25) is 0 Å². The van der Waals surface area contributed by atoms with Crippen molar-refractivity contribution in [1.29, 1.82) is 0 Å². The largest absolute Gasteiger partial charge is 0.573 e. The van der Waals surface area contributed by atoms with Crippen molar-refractivity contribution in [3.63, 3.8) is 0 Å². The Balaban J connectivity index is 0.00000180. The molecule has 5 rings (SSSR count). The molecule has 2 aromatic rings. The highest BCUT2D eigenvalue weighted by molar-refractivity contribution is 5.85. The molecule has 2 bridgehead atoms. The first-order valence-corrected chi connectivity index (χ1v) is 11.6. The number of hydrogen-bond acceptors (Lipinski definition) is 5. The Hall–Kier alpha value is -1.78. The second-order valence-corrected chi connectivity index (χ2v) is 9.48. The third kappa shape index (κ3) is 6.02. The van der Waals surface area contributed by atoms with E-state index in [-0.39, 0.29) is 68.2 Å². The van der Waals surface area contributed by atoms with Gasteiger partial charge in [-0.2, -0.15) is 0 Å². The molecule has 2 saturated heterocycles. The van der Waals surface area contributed by atoms with Crippen molar-refractivity contribution in [1.82, 2.24) is 10.6 Å². The summed E-state index contributed by atoms with van der Waals surface area (Å²) in [5.74, 6) is 0.0441. The van der Waals surface area contributed by atoms with Gasteiger partial charge in [-0.25, -0.2) is 4.39 Å². The van der Waals surface area contributed by atoms with E-state index in [4.69, 9.17) is 4.74 Å². The van der Waals surface area contributed by atoms with Crippen molar-refractivity contribution in [2.24, 2.45) is 5.92 Å². The van der Waals surface area contributed by atoms with Crippen LogP contribution in [0.3, 0.4) is 0 Å². The van der Waals surface area contributed by atoms with Gasteiger partial charge in [0.1, 0.15) is 17.7 Å². The number of halogens is 6. The fourth-order valence-corrected chi connectivity index (χ4v) is 5.42. The molecule has 5 nitrogen and oxygen atoms in total. The van der Waals surface area contributed by atoms with Crippen LogP contribution in [0.1, 0.15) is 36.8 Å². The second-order valence-electron chi connectivity index (χ2n) is 9.48. The summed E-state index contributed by atoms with van der Waals surface area (Å²) in [6.07, 6.45) is -3.36. The van der Waals surface area contributed by atoms with Crippen molar-refractivity contribution in [2.75, 3.05) is 6.61 Å². The molecule has 0 spiro atoms. The highest BCUT2D eigenvalue weighted by Crippen LogP contribution is 2.47. The van der Waals surface area contributed by atoms with Gasteiger partial charge >= 0.3 is 6.36 Å². The summed E-state index contributed by atoms with van der Waals surface area (Å²) in [6.45, 7) is 0.0643.